The second kappa shape index (κ2) is 7.66. The molecule has 3 aromatic carbocycles. The SMILES string of the molecule is C=CS(=O)(=O)c1ccccc1Nc1cc(S(=O)(=O)O)c(N)c2c1C(=O)c1ccccc1C2=O. The van der Waals surface area contributed by atoms with Gasteiger partial charge in [-0.1, -0.05) is 43.0 Å². The van der Waals surface area contributed by atoms with E-state index in [9.17, 15) is 31.0 Å². The van der Waals surface area contributed by atoms with Gasteiger partial charge in [0.1, 0.15) is 4.90 Å². The number of nitrogens with two attached hydrogens (primary N) is 1. The number of para-hydroxylation sites is 1. The van der Waals surface area contributed by atoms with Gasteiger partial charge in [0.2, 0.25) is 9.84 Å². The number of hydrogen-bond acceptors (Lipinski definition) is 8. The molecule has 11 heteroatoms. The van der Waals surface area contributed by atoms with Crippen LogP contribution in [-0.2, 0) is 20.0 Å². The molecule has 3 aromatic rings. The maximum atomic E-state index is 13.3. The zero-order valence-corrected chi connectivity index (χ0v) is 18.4. The highest BCUT2D eigenvalue weighted by Gasteiger charge is 2.36. The first kappa shape index (κ1) is 22.4. The van der Waals surface area contributed by atoms with Gasteiger partial charge in [0.25, 0.3) is 10.1 Å². The first-order valence-electron chi connectivity index (χ1n) is 9.33. The standard InChI is InChI=1S/C22H16N2O7S2/c1-2-32(27,28)16-10-6-5-9-14(16)24-15-11-17(33(29,30)31)20(23)19-18(15)21(25)12-7-3-4-8-13(12)22(19)26/h2-11,24H,1,23H2,(H,29,30,31). The topological polar surface area (TPSA) is 161 Å². The molecule has 0 aromatic heterocycles. The molecule has 0 saturated carbocycles. The average molecular weight is 485 g/mol. The number of nitrogens with one attached hydrogen (secondary N) is 1. The zero-order chi connectivity index (χ0) is 24.1. The number of nitrogen functional groups attached to an aromatic ring is 1. The molecule has 0 atom stereocenters. The second-order valence-electron chi connectivity index (χ2n) is 7.10. The first-order chi connectivity index (χ1) is 15.5. The minimum atomic E-state index is -4.91. The second-order valence-corrected chi connectivity index (χ2v) is 10.4. The fourth-order valence-corrected chi connectivity index (χ4v) is 5.18. The van der Waals surface area contributed by atoms with Crippen molar-refractivity contribution in [3.8, 4) is 0 Å². The molecule has 0 unspecified atom stereocenters. The summed E-state index contributed by atoms with van der Waals surface area (Å²) in [4.78, 5) is 25.5. The normalized spacial score (nSPS) is 13.2. The van der Waals surface area contributed by atoms with Crippen LogP contribution in [0.3, 0.4) is 0 Å². The van der Waals surface area contributed by atoms with E-state index >= 15 is 0 Å². The number of carbonyl (C=O) groups is 2. The predicted octanol–water partition coefficient (Wildman–Crippen LogP) is 2.95. The van der Waals surface area contributed by atoms with Gasteiger partial charge in [-0.2, -0.15) is 8.42 Å². The molecule has 0 fully saturated rings. The van der Waals surface area contributed by atoms with Crippen LogP contribution in [0.2, 0.25) is 0 Å². The lowest BCUT2D eigenvalue weighted by atomic mass is 9.82. The average Bonchev–Trinajstić information content (AvgIpc) is 2.77. The van der Waals surface area contributed by atoms with E-state index in [-0.39, 0.29) is 33.0 Å². The summed E-state index contributed by atoms with van der Waals surface area (Å²) in [5.74, 6) is -1.33. The lowest BCUT2D eigenvalue weighted by molar-refractivity contribution is 0.0980. The zero-order valence-electron chi connectivity index (χ0n) is 16.8. The van der Waals surface area contributed by atoms with Crippen LogP contribution in [0.15, 0.2) is 76.4 Å². The maximum Gasteiger partial charge on any atom is 0.296 e. The summed E-state index contributed by atoms with van der Waals surface area (Å²) in [6, 6.07) is 12.5. The molecule has 1 aliphatic carbocycles. The fraction of sp³-hybridized carbons (Fsp3) is 0. The van der Waals surface area contributed by atoms with Crippen LogP contribution in [0.25, 0.3) is 0 Å². The van der Waals surface area contributed by atoms with Crippen molar-refractivity contribution in [2.75, 3.05) is 11.1 Å². The predicted molar refractivity (Wildman–Crippen MR) is 121 cm³/mol. The summed E-state index contributed by atoms with van der Waals surface area (Å²) in [5, 5.41) is 3.47. The number of anilines is 3. The Bertz CT molecular complexity index is 1590. The molecule has 0 amide bonds. The van der Waals surface area contributed by atoms with Crippen LogP contribution in [0, 0.1) is 0 Å². The van der Waals surface area contributed by atoms with E-state index in [2.05, 4.69) is 11.9 Å². The summed E-state index contributed by atoms with van der Waals surface area (Å²) in [6.07, 6.45) is 0. The third-order valence-corrected chi connectivity index (χ3v) is 7.46. The highest BCUT2D eigenvalue weighted by Crippen LogP contribution is 2.40. The van der Waals surface area contributed by atoms with Crippen molar-refractivity contribution >= 4 is 48.6 Å². The van der Waals surface area contributed by atoms with E-state index in [1.165, 1.54) is 42.5 Å². The van der Waals surface area contributed by atoms with Crippen LogP contribution >= 0.6 is 0 Å². The van der Waals surface area contributed by atoms with Gasteiger partial charge < -0.3 is 11.1 Å². The molecule has 0 heterocycles. The van der Waals surface area contributed by atoms with Crippen LogP contribution < -0.4 is 11.1 Å². The molecular formula is C22H16N2O7S2. The molecule has 0 bridgehead atoms. The lowest BCUT2D eigenvalue weighted by Crippen LogP contribution is -2.25. The van der Waals surface area contributed by atoms with Crippen LogP contribution in [0.4, 0.5) is 17.1 Å². The molecular weight excluding hydrogens is 468 g/mol. The third-order valence-electron chi connectivity index (χ3n) is 5.16. The summed E-state index contributed by atoms with van der Waals surface area (Å²) in [7, 11) is -8.84. The molecule has 168 valence electrons. The number of carbonyl (C=O) groups excluding carboxylic acids is 2. The van der Waals surface area contributed by atoms with E-state index < -0.39 is 47.7 Å². The minimum Gasteiger partial charge on any atom is -0.397 e. The number of benzene rings is 3. The van der Waals surface area contributed by atoms with Crippen LogP contribution in [0.5, 0.6) is 0 Å². The number of hydrogen-bond donors (Lipinski definition) is 3. The Balaban J connectivity index is 2.05. The Labute approximate surface area is 189 Å². The summed E-state index contributed by atoms with van der Waals surface area (Å²) in [5.41, 5.74) is 4.58. The molecule has 33 heavy (non-hydrogen) atoms. The molecule has 0 saturated heterocycles. The Kier molecular flexibility index (Phi) is 5.20. The highest BCUT2D eigenvalue weighted by molar-refractivity contribution is 7.94. The number of fused-ring (bicyclic) bond motifs is 2. The van der Waals surface area contributed by atoms with Crippen molar-refractivity contribution in [3.05, 3.63) is 88.8 Å². The smallest absolute Gasteiger partial charge is 0.296 e. The van der Waals surface area contributed by atoms with Crippen molar-refractivity contribution in [2.45, 2.75) is 9.79 Å². The van der Waals surface area contributed by atoms with Crippen LogP contribution in [0.1, 0.15) is 31.8 Å². The molecule has 4 N–H and O–H groups in total. The van der Waals surface area contributed by atoms with Crippen molar-refractivity contribution < 1.29 is 31.0 Å². The number of rotatable bonds is 5. The lowest BCUT2D eigenvalue weighted by Gasteiger charge is -2.24. The maximum absolute atomic E-state index is 13.3. The van der Waals surface area contributed by atoms with Gasteiger partial charge in [0.05, 0.1) is 33.1 Å². The van der Waals surface area contributed by atoms with Gasteiger partial charge in [0.15, 0.2) is 11.6 Å². The summed E-state index contributed by atoms with van der Waals surface area (Å²) in [6.45, 7) is 3.29. The third kappa shape index (κ3) is 3.61. The van der Waals surface area contributed by atoms with E-state index in [0.29, 0.717) is 0 Å². The molecule has 0 aliphatic heterocycles. The van der Waals surface area contributed by atoms with Gasteiger partial charge in [0, 0.05) is 16.5 Å². The Morgan fingerprint density at radius 3 is 1.94 bits per heavy atom. The fourth-order valence-electron chi connectivity index (χ4n) is 3.66. The van der Waals surface area contributed by atoms with Crippen molar-refractivity contribution in [1.82, 2.24) is 0 Å². The van der Waals surface area contributed by atoms with Crippen molar-refractivity contribution in [1.29, 1.82) is 0 Å². The highest BCUT2D eigenvalue weighted by atomic mass is 32.2. The Morgan fingerprint density at radius 1 is 0.818 bits per heavy atom. The van der Waals surface area contributed by atoms with E-state index in [1.54, 1.807) is 6.07 Å². The van der Waals surface area contributed by atoms with E-state index in [1.807, 2.05) is 0 Å². The monoisotopic (exact) mass is 484 g/mol. The Hall–Kier alpha value is -3.80. The number of ketones is 2. The molecule has 1 aliphatic rings. The first-order valence-corrected chi connectivity index (χ1v) is 12.3. The van der Waals surface area contributed by atoms with Crippen molar-refractivity contribution in [3.63, 3.8) is 0 Å². The summed E-state index contributed by atoms with van der Waals surface area (Å²) >= 11 is 0. The molecule has 9 nitrogen and oxygen atoms in total. The van der Waals surface area contributed by atoms with Crippen molar-refractivity contribution in [2.24, 2.45) is 0 Å². The van der Waals surface area contributed by atoms with Gasteiger partial charge in [-0.15, -0.1) is 0 Å². The van der Waals surface area contributed by atoms with Gasteiger partial charge >= 0.3 is 0 Å². The number of sulfone groups is 1. The van der Waals surface area contributed by atoms with Gasteiger partial charge in [-0.25, -0.2) is 8.42 Å². The van der Waals surface area contributed by atoms with E-state index in [4.69, 9.17) is 5.73 Å². The Morgan fingerprint density at radius 2 is 1.36 bits per heavy atom. The molecule has 0 spiro atoms. The van der Waals surface area contributed by atoms with Crippen LogP contribution in [-0.4, -0.2) is 33.0 Å². The summed E-state index contributed by atoms with van der Waals surface area (Å²) < 4.78 is 58.5. The van der Waals surface area contributed by atoms with E-state index in [0.717, 1.165) is 11.5 Å². The minimum absolute atomic E-state index is 0.00948. The molecule has 4 rings (SSSR count). The van der Waals surface area contributed by atoms with Gasteiger partial charge in [-0.3, -0.25) is 14.1 Å². The molecule has 0 radical (unpaired) electrons. The largest absolute Gasteiger partial charge is 0.397 e. The quantitative estimate of drug-likeness (QED) is 0.286. The van der Waals surface area contributed by atoms with Gasteiger partial charge in [-0.05, 0) is 18.2 Å².